The highest BCUT2D eigenvalue weighted by Crippen LogP contribution is 2.18. The molecule has 0 saturated carbocycles. The van der Waals surface area contributed by atoms with Crippen molar-refractivity contribution in [2.75, 3.05) is 53.3 Å². The average molecular weight is 376 g/mol. The van der Waals surface area contributed by atoms with Crippen molar-refractivity contribution in [2.24, 2.45) is 5.73 Å². The topological polar surface area (TPSA) is 76.1 Å². The van der Waals surface area contributed by atoms with Crippen LogP contribution in [-0.2, 0) is 18.9 Å². The maximum Gasteiger partial charge on any atom is 0.0810 e. The van der Waals surface area contributed by atoms with Gasteiger partial charge in [-0.25, -0.2) is 0 Å². The summed E-state index contributed by atoms with van der Waals surface area (Å²) < 4.78 is 18.7. The van der Waals surface area contributed by atoms with E-state index in [-0.39, 0.29) is 0 Å². The molecule has 4 heterocycles. The van der Waals surface area contributed by atoms with Gasteiger partial charge in [-0.05, 0) is 13.5 Å². The molecule has 2 N–H and O–H groups in total. The Morgan fingerprint density at radius 1 is 0.615 bits per heavy atom. The van der Waals surface area contributed by atoms with Crippen LogP contribution in [0.5, 0.6) is 0 Å². The third-order valence-electron chi connectivity index (χ3n) is 3.89. The van der Waals surface area contributed by atoms with Crippen LogP contribution in [0.15, 0.2) is 0 Å². The van der Waals surface area contributed by atoms with E-state index in [0.717, 1.165) is 46.2 Å². The Bertz CT molecular complexity index is 222. The molecular weight excluding hydrogens is 330 g/mol. The van der Waals surface area contributed by atoms with E-state index in [1.54, 1.807) is 0 Å². The number of ether oxygens (including phenoxy) is 4. The first-order valence-electron chi connectivity index (χ1n) is 10.9. The van der Waals surface area contributed by atoms with Crippen molar-refractivity contribution in [3.05, 3.63) is 0 Å². The van der Waals surface area contributed by atoms with E-state index in [1.807, 2.05) is 0 Å². The summed E-state index contributed by atoms with van der Waals surface area (Å²) in [6.07, 6.45) is 16.3. The van der Waals surface area contributed by atoms with Crippen LogP contribution in [0.4, 0.5) is 0 Å². The number of unbranched alkanes of at least 4 members (excludes halogenated alkanes) is 9. The van der Waals surface area contributed by atoms with Crippen molar-refractivity contribution >= 4 is 0 Å². The molecule has 5 nitrogen and oxygen atoms in total. The Morgan fingerprint density at radius 2 is 0.923 bits per heavy atom. The maximum atomic E-state index is 5.19. The van der Waals surface area contributed by atoms with Crippen LogP contribution in [0.25, 0.3) is 0 Å². The molecule has 4 rings (SSSR count). The van der Waals surface area contributed by atoms with Gasteiger partial charge in [0, 0.05) is 0 Å². The Hall–Kier alpha value is -0.200. The molecule has 0 spiro atoms. The van der Waals surface area contributed by atoms with Gasteiger partial charge in [0.15, 0.2) is 0 Å². The van der Waals surface area contributed by atoms with Gasteiger partial charge in [-0.15, -0.1) is 0 Å². The number of epoxide rings is 4. The van der Waals surface area contributed by atoms with Crippen LogP contribution in [0.2, 0.25) is 0 Å². The third-order valence-corrected chi connectivity index (χ3v) is 3.89. The molecule has 5 heteroatoms. The number of hydrogen-bond acceptors (Lipinski definition) is 5. The quantitative estimate of drug-likeness (QED) is 0.430. The predicted octanol–water partition coefficient (Wildman–Crippen LogP) is 4.32. The minimum atomic E-state index is 0.652. The zero-order chi connectivity index (χ0) is 19.1. The Balaban J connectivity index is 0.000000449. The molecule has 1 atom stereocenters. The largest absolute Gasteiger partial charge is 0.377 e. The van der Waals surface area contributed by atoms with Crippen molar-refractivity contribution in [1.82, 2.24) is 0 Å². The van der Waals surface area contributed by atoms with Gasteiger partial charge >= 0.3 is 0 Å². The second-order valence-corrected chi connectivity index (χ2v) is 6.76. The lowest BCUT2D eigenvalue weighted by Crippen LogP contribution is -1.86. The molecule has 0 aliphatic carbocycles. The third kappa shape index (κ3) is 39.0. The van der Waals surface area contributed by atoms with Crippen LogP contribution in [0.1, 0.15) is 77.6 Å². The number of hydrogen-bond donors (Lipinski definition) is 1. The van der Waals surface area contributed by atoms with Gasteiger partial charge < -0.3 is 24.7 Å². The summed E-state index contributed by atoms with van der Waals surface area (Å²) in [7, 11) is 1.50. The highest BCUT2D eigenvalue weighted by molar-refractivity contribution is 4.68. The van der Waals surface area contributed by atoms with Crippen molar-refractivity contribution in [3.8, 4) is 0 Å². The fraction of sp³-hybridized carbons (Fsp3) is 1.00. The van der Waals surface area contributed by atoms with Gasteiger partial charge in [0.2, 0.25) is 0 Å². The summed E-state index contributed by atoms with van der Waals surface area (Å²) in [6, 6.07) is 0. The maximum absolute atomic E-state index is 5.19. The SMILES string of the molecule is C1CO1.C1CO1.C1CO1.CCCCCCCCCCCCC1CO1.CN. The van der Waals surface area contributed by atoms with E-state index in [2.05, 4.69) is 26.9 Å². The molecule has 0 aromatic rings. The Morgan fingerprint density at radius 3 is 1.19 bits per heavy atom. The molecule has 0 amide bonds. The van der Waals surface area contributed by atoms with Gasteiger partial charge in [0.1, 0.15) is 0 Å². The molecule has 4 fully saturated rings. The Kier molecular flexibility index (Phi) is 22.7. The van der Waals surface area contributed by atoms with Crippen molar-refractivity contribution < 1.29 is 18.9 Å². The molecule has 4 saturated heterocycles. The molecule has 4 aliphatic heterocycles. The molecule has 26 heavy (non-hydrogen) atoms. The first kappa shape index (κ1) is 25.8. The second kappa shape index (κ2) is 22.8. The second-order valence-electron chi connectivity index (χ2n) is 6.76. The molecule has 0 aromatic carbocycles. The van der Waals surface area contributed by atoms with E-state index >= 15 is 0 Å². The van der Waals surface area contributed by atoms with E-state index in [9.17, 15) is 0 Å². The molecule has 158 valence electrons. The van der Waals surface area contributed by atoms with Crippen LogP contribution in [-0.4, -0.2) is 59.4 Å². The molecule has 0 aromatic heterocycles. The summed E-state index contributed by atoms with van der Waals surface area (Å²) in [5.41, 5.74) is 4.50. The van der Waals surface area contributed by atoms with Crippen LogP contribution in [0, 0.1) is 0 Å². The monoisotopic (exact) mass is 375 g/mol. The lowest BCUT2D eigenvalue weighted by Gasteiger charge is -2.01. The van der Waals surface area contributed by atoms with Gasteiger partial charge in [0.25, 0.3) is 0 Å². The molecular formula is C21H45NO4. The summed E-state index contributed by atoms with van der Waals surface area (Å²) in [6.45, 7) is 9.32. The van der Waals surface area contributed by atoms with Crippen LogP contribution in [0.3, 0.4) is 0 Å². The summed E-state index contributed by atoms with van der Waals surface area (Å²) in [5, 5.41) is 0. The minimum Gasteiger partial charge on any atom is -0.377 e. The van der Waals surface area contributed by atoms with Crippen molar-refractivity contribution in [1.29, 1.82) is 0 Å². The summed E-state index contributed by atoms with van der Waals surface area (Å²) in [4.78, 5) is 0. The van der Waals surface area contributed by atoms with Crippen LogP contribution >= 0.6 is 0 Å². The predicted molar refractivity (Wildman–Crippen MR) is 109 cm³/mol. The lowest BCUT2D eigenvalue weighted by molar-refractivity contribution is 0.387. The molecule has 0 bridgehead atoms. The van der Waals surface area contributed by atoms with Gasteiger partial charge in [-0.2, -0.15) is 0 Å². The zero-order valence-corrected chi connectivity index (χ0v) is 17.5. The van der Waals surface area contributed by atoms with Crippen LogP contribution < -0.4 is 5.73 Å². The van der Waals surface area contributed by atoms with Gasteiger partial charge in [-0.1, -0.05) is 71.1 Å². The average Bonchev–Trinajstić information content (AvgIpc) is 3.53. The molecule has 1 unspecified atom stereocenters. The molecule has 0 radical (unpaired) electrons. The standard InChI is InChI=1S/C14H28O.3C2H4O.CH5N/c1-2-3-4-5-6-7-8-9-10-11-12-14-13-15-14;3*1-2-3-1;1-2/h14H,2-13H2,1H3;3*1-2H2;2H2,1H3. The van der Waals surface area contributed by atoms with Crippen molar-refractivity contribution in [3.63, 3.8) is 0 Å². The van der Waals surface area contributed by atoms with Gasteiger partial charge in [0.05, 0.1) is 52.4 Å². The van der Waals surface area contributed by atoms with Gasteiger partial charge in [-0.3, -0.25) is 0 Å². The fourth-order valence-corrected chi connectivity index (χ4v) is 2.09. The normalized spacial score (nSPS) is 19.7. The van der Waals surface area contributed by atoms with E-state index in [1.165, 1.54) is 77.7 Å². The zero-order valence-electron chi connectivity index (χ0n) is 17.5. The molecule has 4 aliphatic rings. The van der Waals surface area contributed by atoms with Crippen molar-refractivity contribution in [2.45, 2.75) is 83.7 Å². The Labute approximate surface area is 162 Å². The van der Waals surface area contributed by atoms with E-state index in [0.29, 0.717) is 6.10 Å². The van der Waals surface area contributed by atoms with E-state index in [4.69, 9.17) is 4.74 Å². The minimum absolute atomic E-state index is 0.652. The summed E-state index contributed by atoms with van der Waals surface area (Å²) >= 11 is 0. The highest BCUT2D eigenvalue weighted by Gasteiger charge is 2.20. The lowest BCUT2D eigenvalue weighted by atomic mass is 10.1. The smallest absolute Gasteiger partial charge is 0.0810 e. The number of rotatable bonds is 11. The number of nitrogens with two attached hydrogens (primary N) is 1. The summed E-state index contributed by atoms with van der Waals surface area (Å²) in [5.74, 6) is 0. The first-order valence-corrected chi connectivity index (χ1v) is 10.9. The highest BCUT2D eigenvalue weighted by atomic mass is 16.6. The fourth-order valence-electron chi connectivity index (χ4n) is 2.09. The van der Waals surface area contributed by atoms with E-state index < -0.39 is 0 Å². The first-order chi connectivity index (χ1) is 12.9.